The van der Waals surface area contributed by atoms with Crippen molar-refractivity contribution in [1.82, 2.24) is 4.98 Å². The van der Waals surface area contributed by atoms with E-state index in [9.17, 15) is 0 Å². The van der Waals surface area contributed by atoms with Crippen LogP contribution in [0.15, 0.2) is 18.3 Å². The van der Waals surface area contributed by atoms with Crippen molar-refractivity contribution in [3.63, 3.8) is 0 Å². The summed E-state index contributed by atoms with van der Waals surface area (Å²) in [4.78, 5) is 4.95. The fourth-order valence-electron chi connectivity index (χ4n) is 1.43. The molecule has 0 aliphatic rings. The third kappa shape index (κ3) is 4.23. The monoisotopic (exact) mass is 255 g/mol. The summed E-state index contributed by atoms with van der Waals surface area (Å²) in [5.74, 6) is 0. The molecule has 1 rings (SSSR count). The Kier molecular flexibility index (Phi) is 5.16. The van der Waals surface area contributed by atoms with Gasteiger partial charge in [0.05, 0.1) is 0 Å². The number of hydrogen-bond donors (Lipinski definition) is 0. The highest BCUT2D eigenvalue weighted by Gasteiger charge is 2.02. The average molecular weight is 256 g/mol. The molecule has 0 aromatic carbocycles. The van der Waals surface area contributed by atoms with Gasteiger partial charge in [0.1, 0.15) is 0 Å². The standard InChI is InChI=1S/C12H18BrN/c1-3-4-12(13)8-7-11-6-5-10(2)14-9-11/h5-6,9,12H,3-4,7-8H2,1-2H3. The lowest BCUT2D eigenvalue weighted by molar-refractivity contribution is 0.692. The molecule has 2 heteroatoms. The number of rotatable bonds is 5. The highest BCUT2D eigenvalue weighted by atomic mass is 79.9. The van der Waals surface area contributed by atoms with Crippen LogP contribution >= 0.6 is 15.9 Å². The lowest BCUT2D eigenvalue weighted by Crippen LogP contribution is -1.99. The van der Waals surface area contributed by atoms with Crippen LogP contribution in [-0.4, -0.2) is 9.81 Å². The molecule has 1 unspecified atom stereocenters. The zero-order valence-electron chi connectivity index (χ0n) is 8.96. The molecule has 78 valence electrons. The summed E-state index contributed by atoms with van der Waals surface area (Å²) in [6.45, 7) is 4.25. The van der Waals surface area contributed by atoms with E-state index in [0.717, 1.165) is 12.1 Å². The molecule has 0 aliphatic carbocycles. The normalized spacial score (nSPS) is 12.8. The predicted molar refractivity (Wildman–Crippen MR) is 64.9 cm³/mol. The molecule has 0 saturated carbocycles. The summed E-state index contributed by atoms with van der Waals surface area (Å²) in [5.41, 5.74) is 2.44. The number of aryl methyl sites for hydroxylation is 2. The first kappa shape index (κ1) is 11.7. The van der Waals surface area contributed by atoms with Crippen LogP contribution in [0.3, 0.4) is 0 Å². The number of alkyl halides is 1. The molecule has 1 nitrogen and oxygen atoms in total. The van der Waals surface area contributed by atoms with Gasteiger partial charge in [0.15, 0.2) is 0 Å². The highest BCUT2D eigenvalue weighted by molar-refractivity contribution is 9.09. The van der Waals surface area contributed by atoms with E-state index in [4.69, 9.17) is 0 Å². The van der Waals surface area contributed by atoms with Gasteiger partial charge in [-0.2, -0.15) is 0 Å². The fourth-order valence-corrected chi connectivity index (χ4v) is 2.11. The Labute approximate surface area is 95.1 Å². The van der Waals surface area contributed by atoms with Crippen LogP contribution in [0.1, 0.15) is 37.4 Å². The first-order chi connectivity index (χ1) is 6.72. The number of nitrogens with zero attached hydrogens (tertiary/aromatic N) is 1. The summed E-state index contributed by atoms with van der Waals surface area (Å²) < 4.78 is 0. The Balaban J connectivity index is 2.34. The highest BCUT2D eigenvalue weighted by Crippen LogP contribution is 2.15. The van der Waals surface area contributed by atoms with Gasteiger partial charge in [-0.1, -0.05) is 35.3 Å². The summed E-state index contributed by atoms with van der Waals surface area (Å²) in [6.07, 6.45) is 6.84. The first-order valence-electron chi connectivity index (χ1n) is 5.28. The lowest BCUT2D eigenvalue weighted by atomic mass is 10.1. The second kappa shape index (κ2) is 6.18. The van der Waals surface area contributed by atoms with Gasteiger partial charge in [0, 0.05) is 16.7 Å². The minimum Gasteiger partial charge on any atom is -0.261 e. The maximum atomic E-state index is 4.29. The fraction of sp³-hybridized carbons (Fsp3) is 0.583. The minimum atomic E-state index is 0.661. The van der Waals surface area contributed by atoms with E-state index in [1.165, 1.54) is 24.8 Å². The van der Waals surface area contributed by atoms with Crippen LogP contribution < -0.4 is 0 Å². The van der Waals surface area contributed by atoms with Gasteiger partial charge in [-0.3, -0.25) is 4.98 Å². The number of aromatic nitrogens is 1. The molecule has 0 bridgehead atoms. The molecular weight excluding hydrogens is 238 g/mol. The first-order valence-corrected chi connectivity index (χ1v) is 6.19. The zero-order chi connectivity index (χ0) is 10.4. The number of halogens is 1. The van der Waals surface area contributed by atoms with Gasteiger partial charge >= 0.3 is 0 Å². The summed E-state index contributed by atoms with van der Waals surface area (Å²) in [6, 6.07) is 4.26. The van der Waals surface area contributed by atoms with E-state index in [2.05, 4.69) is 40.0 Å². The molecule has 1 atom stereocenters. The van der Waals surface area contributed by atoms with Gasteiger partial charge in [0.2, 0.25) is 0 Å². The third-order valence-electron chi connectivity index (χ3n) is 2.32. The van der Waals surface area contributed by atoms with Crippen LogP contribution in [0.4, 0.5) is 0 Å². The van der Waals surface area contributed by atoms with Crippen molar-refractivity contribution in [3.8, 4) is 0 Å². The van der Waals surface area contributed by atoms with E-state index >= 15 is 0 Å². The Bertz CT molecular complexity index is 256. The molecule has 0 aliphatic heterocycles. The third-order valence-corrected chi connectivity index (χ3v) is 3.24. The SMILES string of the molecule is CCCC(Br)CCc1ccc(C)nc1. The Morgan fingerprint density at radius 2 is 2.14 bits per heavy atom. The van der Waals surface area contributed by atoms with Gasteiger partial charge in [-0.05, 0) is 37.8 Å². The second-order valence-electron chi connectivity index (χ2n) is 3.73. The van der Waals surface area contributed by atoms with E-state index < -0.39 is 0 Å². The predicted octanol–water partition coefficient (Wildman–Crippen LogP) is 3.89. The van der Waals surface area contributed by atoms with Crippen LogP contribution in [0.25, 0.3) is 0 Å². The molecular formula is C12H18BrN. The smallest absolute Gasteiger partial charge is 0.0372 e. The molecule has 0 fully saturated rings. The minimum absolute atomic E-state index is 0.661. The molecule has 14 heavy (non-hydrogen) atoms. The zero-order valence-corrected chi connectivity index (χ0v) is 10.5. The van der Waals surface area contributed by atoms with Gasteiger partial charge < -0.3 is 0 Å². The van der Waals surface area contributed by atoms with Gasteiger partial charge in [-0.15, -0.1) is 0 Å². The van der Waals surface area contributed by atoms with E-state index in [1.54, 1.807) is 0 Å². The molecule has 0 spiro atoms. The van der Waals surface area contributed by atoms with E-state index in [-0.39, 0.29) is 0 Å². The van der Waals surface area contributed by atoms with Crippen LogP contribution in [-0.2, 0) is 6.42 Å². The quantitative estimate of drug-likeness (QED) is 0.728. The lowest BCUT2D eigenvalue weighted by Gasteiger charge is -2.07. The molecule has 1 aromatic rings. The van der Waals surface area contributed by atoms with Crippen molar-refractivity contribution in [2.75, 3.05) is 0 Å². The van der Waals surface area contributed by atoms with Crippen LogP contribution in [0.2, 0.25) is 0 Å². The van der Waals surface area contributed by atoms with Crippen molar-refractivity contribution in [1.29, 1.82) is 0 Å². The van der Waals surface area contributed by atoms with Crippen molar-refractivity contribution >= 4 is 15.9 Å². The van der Waals surface area contributed by atoms with Crippen LogP contribution in [0, 0.1) is 6.92 Å². The molecule has 1 aromatic heterocycles. The Hall–Kier alpha value is -0.370. The van der Waals surface area contributed by atoms with E-state index in [1.807, 2.05) is 13.1 Å². The molecule has 0 amide bonds. The largest absolute Gasteiger partial charge is 0.261 e. The van der Waals surface area contributed by atoms with E-state index in [0.29, 0.717) is 4.83 Å². The van der Waals surface area contributed by atoms with Crippen molar-refractivity contribution in [2.45, 2.75) is 44.4 Å². The van der Waals surface area contributed by atoms with Gasteiger partial charge in [0.25, 0.3) is 0 Å². The van der Waals surface area contributed by atoms with Crippen molar-refractivity contribution in [2.24, 2.45) is 0 Å². The van der Waals surface area contributed by atoms with Crippen LogP contribution in [0.5, 0.6) is 0 Å². The summed E-state index contributed by atoms with van der Waals surface area (Å²) in [7, 11) is 0. The topological polar surface area (TPSA) is 12.9 Å². The Morgan fingerprint density at radius 3 is 2.71 bits per heavy atom. The Morgan fingerprint density at radius 1 is 1.36 bits per heavy atom. The maximum Gasteiger partial charge on any atom is 0.0372 e. The number of pyridine rings is 1. The van der Waals surface area contributed by atoms with Crippen molar-refractivity contribution < 1.29 is 0 Å². The molecule has 0 radical (unpaired) electrons. The average Bonchev–Trinajstić information content (AvgIpc) is 2.17. The molecule has 1 heterocycles. The molecule has 0 saturated heterocycles. The summed E-state index contributed by atoms with van der Waals surface area (Å²) in [5, 5.41) is 0. The second-order valence-corrected chi connectivity index (χ2v) is 5.03. The maximum absolute atomic E-state index is 4.29. The molecule has 0 N–H and O–H groups in total. The summed E-state index contributed by atoms with van der Waals surface area (Å²) >= 11 is 3.69. The number of hydrogen-bond acceptors (Lipinski definition) is 1. The van der Waals surface area contributed by atoms with Crippen molar-refractivity contribution in [3.05, 3.63) is 29.6 Å². The van der Waals surface area contributed by atoms with Gasteiger partial charge in [-0.25, -0.2) is 0 Å².